The second-order valence-electron chi connectivity index (χ2n) is 4.15. The van der Waals surface area contributed by atoms with Crippen LogP contribution in [0.1, 0.15) is 20.8 Å². The van der Waals surface area contributed by atoms with Crippen molar-refractivity contribution in [3.63, 3.8) is 0 Å². The molecular formula is C11H20O4. The van der Waals surface area contributed by atoms with Crippen LogP contribution in [-0.2, 0) is 19.0 Å². The molecule has 0 aliphatic heterocycles. The summed E-state index contributed by atoms with van der Waals surface area (Å²) in [4.78, 5) is 11.2. The number of carbonyl (C=O) groups excluding carboxylic acids is 1. The molecule has 4 heteroatoms. The number of methoxy groups -OCH3 is 2. The van der Waals surface area contributed by atoms with Gasteiger partial charge in [-0.05, 0) is 6.92 Å². The van der Waals surface area contributed by atoms with Gasteiger partial charge in [0.1, 0.15) is 6.61 Å². The Bertz CT molecular complexity index is 229. The third-order valence-corrected chi connectivity index (χ3v) is 1.99. The lowest BCUT2D eigenvalue weighted by atomic mass is 9.94. The number of ether oxygens (including phenoxy) is 3. The molecule has 0 aliphatic carbocycles. The second-order valence-corrected chi connectivity index (χ2v) is 4.15. The minimum Gasteiger partial charge on any atom is -0.462 e. The lowest BCUT2D eigenvalue weighted by Crippen LogP contribution is -2.37. The zero-order valence-corrected chi connectivity index (χ0v) is 10.1. The van der Waals surface area contributed by atoms with Crippen molar-refractivity contribution < 1.29 is 19.0 Å². The molecule has 0 atom stereocenters. The predicted octanol–water partition coefficient (Wildman–Crippen LogP) is 1.75. The van der Waals surface area contributed by atoms with Crippen LogP contribution in [0.2, 0.25) is 0 Å². The molecule has 0 amide bonds. The highest BCUT2D eigenvalue weighted by Gasteiger charge is 2.31. The Labute approximate surface area is 91.2 Å². The van der Waals surface area contributed by atoms with E-state index in [4.69, 9.17) is 14.2 Å². The lowest BCUT2D eigenvalue weighted by molar-refractivity contribution is -0.186. The van der Waals surface area contributed by atoms with E-state index < -0.39 is 17.7 Å². The van der Waals surface area contributed by atoms with E-state index in [1.54, 1.807) is 21.1 Å². The molecule has 0 bridgehead atoms. The van der Waals surface area contributed by atoms with Gasteiger partial charge in [0.15, 0.2) is 6.29 Å². The van der Waals surface area contributed by atoms with Crippen molar-refractivity contribution in [2.75, 3.05) is 20.8 Å². The smallest absolute Gasteiger partial charge is 0.333 e. The third kappa shape index (κ3) is 4.44. The van der Waals surface area contributed by atoms with Crippen LogP contribution >= 0.6 is 0 Å². The van der Waals surface area contributed by atoms with Crippen LogP contribution in [0.4, 0.5) is 0 Å². The van der Waals surface area contributed by atoms with E-state index in [0.717, 1.165) is 0 Å². The first-order valence-corrected chi connectivity index (χ1v) is 4.73. The van der Waals surface area contributed by atoms with Crippen molar-refractivity contribution in [3.05, 3.63) is 12.2 Å². The largest absolute Gasteiger partial charge is 0.462 e. The summed E-state index contributed by atoms with van der Waals surface area (Å²) in [6.45, 7) is 9.14. The average molecular weight is 216 g/mol. The molecule has 0 spiro atoms. The zero-order chi connectivity index (χ0) is 12.1. The van der Waals surface area contributed by atoms with Gasteiger partial charge in [0, 0.05) is 25.2 Å². The van der Waals surface area contributed by atoms with Crippen molar-refractivity contribution in [1.82, 2.24) is 0 Å². The second kappa shape index (κ2) is 5.88. The van der Waals surface area contributed by atoms with E-state index in [-0.39, 0.29) is 6.61 Å². The minimum absolute atomic E-state index is 0.227. The van der Waals surface area contributed by atoms with Crippen LogP contribution < -0.4 is 0 Å². The Morgan fingerprint density at radius 3 is 2.13 bits per heavy atom. The first-order chi connectivity index (χ1) is 6.85. The molecule has 0 saturated heterocycles. The van der Waals surface area contributed by atoms with Crippen molar-refractivity contribution in [2.45, 2.75) is 27.1 Å². The van der Waals surface area contributed by atoms with Crippen LogP contribution in [0.15, 0.2) is 12.2 Å². The molecule has 0 N–H and O–H groups in total. The van der Waals surface area contributed by atoms with Crippen LogP contribution in [0.5, 0.6) is 0 Å². The maximum Gasteiger partial charge on any atom is 0.333 e. The number of esters is 1. The molecule has 0 saturated carbocycles. The molecule has 0 aliphatic rings. The summed E-state index contributed by atoms with van der Waals surface area (Å²) >= 11 is 0. The van der Waals surface area contributed by atoms with Crippen molar-refractivity contribution >= 4 is 5.97 Å². The summed E-state index contributed by atoms with van der Waals surface area (Å²) in [7, 11) is 3.10. The lowest BCUT2D eigenvalue weighted by Gasteiger charge is -2.31. The molecule has 15 heavy (non-hydrogen) atoms. The Kier molecular flexibility index (Phi) is 5.54. The van der Waals surface area contributed by atoms with E-state index in [2.05, 4.69) is 6.58 Å². The maximum atomic E-state index is 11.2. The molecule has 0 unspecified atom stereocenters. The van der Waals surface area contributed by atoms with Gasteiger partial charge in [0.25, 0.3) is 0 Å². The van der Waals surface area contributed by atoms with Gasteiger partial charge in [0.2, 0.25) is 0 Å². The highest BCUT2D eigenvalue weighted by molar-refractivity contribution is 5.86. The predicted molar refractivity (Wildman–Crippen MR) is 57.4 cm³/mol. The minimum atomic E-state index is -0.407. The summed E-state index contributed by atoms with van der Waals surface area (Å²) in [5, 5.41) is 0. The Balaban J connectivity index is 4.25. The van der Waals surface area contributed by atoms with E-state index in [1.807, 2.05) is 13.8 Å². The van der Waals surface area contributed by atoms with Gasteiger partial charge in [-0.2, -0.15) is 0 Å². The van der Waals surface area contributed by atoms with Crippen molar-refractivity contribution in [2.24, 2.45) is 5.41 Å². The fourth-order valence-corrected chi connectivity index (χ4v) is 1.18. The molecule has 0 fully saturated rings. The number of hydrogen-bond acceptors (Lipinski definition) is 4. The van der Waals surface area contributed by atoms with Crippen molar-refractivity contribution in [1.29, 1.82) is 0 Å². The number of hydrogen-bond donors (Lipinski definition) is 0. The number of carbonyl (C=O) groups is 1. The fraction of sp³-hybridized carbons (Fsp3) is 0.727. The first kappa shape index (κ1) is 14.1. The molecule has 0 rings (SSSR count). The maximum absolute atomic E-state index is 11.2. The van der Waals surface area contributed by atoms with Crippen LogP contribution in [-0.4, -0.2) is 33.1 Å². The summed E-state index contributed by atoms with van der Waals surface area (Å²) in [6.07, 6.45) is -0.407. The topological polar surface area (TPSA) is 44.8 Å². The Morgan fingerprint density at radius 1 is 1.33 bits per heavy atom. The van der Waals surface area contributed by atoms with Gasteiger partial charge in [-0.25, -0.2) is 4.79 Å². The Hall–Kier alpha value is -0.870. The third-order valence-electron chi connectivity index (χ3n) is 1.99. The molecule has 0 aromatic carbocycles. The SMILES string of the molecule is C=C(C)C(=O)OCC(C)(C)C(OC)OC. The van der Waals surface area contributed by atoms with Crippen LogP contribution in [0.3, 0.4) is 0 Å². The van der Waals surface area contributed by atoms with Gasteiger partial charge in [0.05, 0.1) is 0 Å². The monoisotopic (exact) mass is 216 g/mol. The Morgan fingerprint density at radius 2 is 1.80 bits per heavy atom. The molecular weight excluding hydrogens is 196 g/mol. The molecule has 88 valence electrons. The van der Waals surface area contributed by atoms with Crippen LogP contribution in [0.25, 0.3) is 0 Å². The molecule has 0 radical (unpaired) electrons. The highest BCUT2D eigenvalue weighted by atomic mass is 16.7. The summed E-state index contributed by atoms with van der Waals surface area (Å²) < 4.78 is 15.3. The quantitative estimate of drug-likeness (QED) is 0.385. The van der Waals surface area contributed by atoms with Gasteiger partial charge >= 0.3 is 5.97 Å². The fourth-order valence-electron chi connectivity index (χ4n) is 1.18. The van der Waals surface area contributed by atoms with Gasteiger partial charge in [-0.1, -0.05) is 20.4 Å². The van der Waals surface area contributed by atoms with E-state index in [9.17, 15) is 4.79 Å². The average Bonchev–Trinajstić information content (AvgIpc) is 2.15. The summed E-state index contributed by atoms with van der Waals surface area (Å²) in [5.41, 5.74) is -0.00795. The number of rotatable bonds is 6. The van der Waals surface area contributed by atoms with E-state index >= 15 is 0 Å². The highest BCUT2D eigenvalue weighted by Crippen LogP contribution is 2.24. The van der Waals surface area contributed by atoms with E-state index in [1.165, 1.54) is 0 Å². The summed E-state index contributed by atoms with van der Waals surface area (Å²) in [6, 6.07) is 0. The molecule has 0 aromatic rings. The normalized spacial score (nSPS) is 11.6. The van der Waals surface area contributed by atoms with E-state index in [0.29, 0.717) is 5.57 Å². The van der Waals surface area contributed by atoms with Gasteiger partial charge in [-0.15, -0.1) is 0 Å². The van der Waals surface area contributed by atoms with Crippen molar-refractivity contribution in [3.8, 4) is 0 Å². The zero-order valence-electron chi connectivity index (χ0n) is 10.1. The molecule has 0 aromatic heterocycles. The van der Waals surface area contributed by atoms with Crippen LogP contribution in [0, 0.1) is 5.41 Å². The molecule has 0 heterocycles. The summed E-state index contributed by atoms with van der Waals surface area (Å²) in [5.74, 6) is -0.394. The first-order valence-electron chi connectivity index (χ1n) is 4.73. The standard InChI is InChI=1S/C11H20O4/c1-8(2)9(12)15-7-11(3,4)10(13-5)14-6/h10H,1,7H2,2-6H3. The van der Waals surface area contributed by atoms with Gasteiger partial charge in [-0.3, -0.25) is 0 Å². The van der Waals surface area contributed by atoms with Gasteiger partial charge < -0.3 is 14.2 Å². The molecule has 4 nitrogen and oxygen atoms in total.